The maximum absolute atomic E-state index is 12.2. The molecule has 0 saturated carbocycles. The Bertz CT molecular complexity index is 683. The molecule has 6 heteroatoms. The molecule has 25 heavy (non-hydrogen) atoms. The maximum Gasteiger partial charge on any atom is 0.252 e. The number of nitrogens with one attached hydrogen (secondary N) is 1. The van der Waals surface area contributed by atoms with Gasteiger partial charge in [0.2, 0.25) is 5.88 Å². The van der Waals surface area contributed by atoms with Crippen molar-refractivity contribution in [1.82, 2.24) is 10.3 Å². The number of halogens is 1. The molecule has 1 aromatic heterocycles. The first-order chi connectivity index (χ1) is 12.2. The van der Waals surface area contributed by atoms with E-state index in [1.54, 1.807) is 18.3 Å². The average molecular weight is 361 g/mol. The number of amides is 1. The Kier molecular flexibility index (Phi) is 6.25. The van der Waals surface area contributed by atoms with Gasteiger partial charge in [0.15, 0.2) is 0 Å². The summed E-state index contributed by atoms with van der Waals surface area (Å²) in [6.45, 7) is 2.00. The molecule has 0 radical (unpaired) electrons. The molecule has 1 N–H and O–H groups in total. The summed E-state index contributed by atoms with van der Waals surface area (Å²) in [6, 6.07) is 11.1. The Balaban J connectivity index is 1.46. The van der Waals surface area contributed by atoms with Gasteiger partial charge in [-0.25, -0.2) is 4.98 Å². The van der Waals surface area contributed by atoms with Gasteiger partial charge in [0.25, 0.3) is 5.91 Å². The van der Waals surface area contributed by atoms with Crippen LogP contribution < -0.4 is 10.1 Å². The number of pyridine rings is 1. The monoisotopic (exact) mass is 360 g/mol. The van der Waals surface area contributed by atoms with Gasteiger partial charge >= 0.3 is 0 Å². The number of carbonyl (C=O) groups is 1. The van der Waals surface area contributed by atoms with E-state index in [-0.39, 0.29) is 12.0 Å². The Morgan fingerprint density at radius 1 is 1.20 bits per heavy atom. The van der Waals surface area contributed by atoms with Crippen molar-refractivity contribution in [2.24, 2.45) is 0 Å². The fourth-order valence-electron chi connectivity index (χ4n) is 2.62. The molecule has 1 aliphatic rings. The highest BCUT2D eigenvalue weighted by molar-refractivity contribution is 6.30. The summed E-state index contributed by atoms with van der Waals surface area (Å²) in [7, 11) is 0. The normalized spacial score (nSPS) is 14.9. The van der Waals surface area contributed by atoms with E-state index in [9.17, 15) is 4.79 Å². The molecule has 0 unspecified atom stereocenters. The fourth-order valence-corrected chi connectivity index (χ4v) is 2.75. The molecule has 2 heterocycles. The number of rotatable bonds is 6. The third kappa shape index (κ3) is 5.44. The van der Waals surface area contributed by atoms with Gasteiger partial charge in [-0.15, -0.1) is 0 Å². The van der Waals surface area contributed by atoms with E-state index in [0.29, 0.717) is 23.0 Å². The molecule has 1 aliphatic heterocycles. The summed E-state index contributed by atoms with van der Waals surface area (Å²) in [5.74, 6) is 0.406. The van der Waals surface area contributed by atoms with E-state index < -0.39 is 0 Å². The van der Waals surface area contributed by atoms with Crippen molar-refractivity contribution in [3.63, 3.8) is 0 Å². The number of carbonyl (C=O) groups excluding carboxylic acids is 1. The van der Waals surface area contributed by atoms with Crippen LogP contribution >= 0.6 is 11.6 Å². The summed E-state index contributed by atoms with van der Waals surface area (Å²) < 4.78 is 11.1. The molecule has 1 saturated heterocycles. The largest absolute Gasteiger partial charge is 0.474 e. The van der Waals surface area contributed by atoms with E-state index in [0.717, 1.165) is 38.0 Å². The molecule has 1 aromatic carbocycles. The molecule has 3 rings (SSSR count). The first kappa shape index (κ1) is 17.7. The van der Waals surface area contributed by atoms with Gasteiger partial charge in [0, 0.05) is 36.7 Å². The van der Waals surface area contributed by atoms with Crippen molar-refractivity contribution < 1.29 is 14.3 Å². The van der Waals surface area contributed by atoms with Crippen LogP contribution in [0.4, 0.5) is 0 Å². The lowest BCUT2D eigenvalue weighted by atomic mass is 10.1. The van der Waals surface area contributed by atoms with E-state index in [4.69, 9.17) is 21.1 Å². The number of hydrogen-bond acceptors (Lipinski definition) is 4. The van der Waals surface area contributed by atoms with Crippen molar-refractivity contribution >= 4 is 17.5 Å². The Labute approximate surface area is 152 Å². The van der Waals surface area contributed by atoms with Crippen LogP contribution in [0.2, 0.25) is 5.02 Å². The third-order valence-electron chi connectivity index (χ3n) is 4.07. The molecule has 2 aromatic rings. The van der Waals surface area contributed by atoms with Crippen LogP contribution in [-0.2, 0) is 11.2 Å². The van der Waals surface area contributed by atoms with E-state index in [1.807, 2.05) is 24.3 Å². The summed E-state index contributed by atoms with van der Waals surface area (Å²) >= 11 is 5.86. The summed E-state index contributed by atoms with van der Waals surface area (Å²) in [6.07, 6.45) is 4.18. The number of nitrogens with zero attached hydrogens (tertiary/aromatic N) is 1. The highest BCUT2D eigenvalue weighted by atomic mass is 35.5. The Morgan fingerprint density at radius 2 is 1.96 bits per heavy atom. The Morgan fingerprint density at radius 3 is 2.64 bits per heavy atom. The van der Waals surface area contributed by atoms with E-state index >= 15 is 0 Å². The van der Waals surface area contributed by atoms with Crippen LogP contribution in [0, 0.1) is 0 Å². The predicted molar refractivity (Wildman–Crippen MR) is 96.2 cm³/mol. The zero-order chi connectivity index (χ0) is 17.5. The van der Waals surface area contributed by atoms with E-state index in [2.05, 4.69) is 10.3 Å². The molecule has 0 bridgehead atoms. The van der Waals surface area contributed by atoms with Gasteiger partial charge < -0.3 is 14.8 Å². The van der Waals surface area contributed by atoms with Crippen LogP contribution in [0.3, 0.4) is 0 Å². The van der Waals surface area contributed by atoms with Gasteiger partial charge in [-0.05, 0) is 30.2 Å². The molecule has 0 spiro atoms. The zero-order valence-electron chi connectivity index (χ0n) is 13.9. The quantitative estimate of drug-likeness (QED) is 0.858. The van der Waals surface area contributed by atoms with Crippen LogP contribution in [0.5, 0.6) is 5.88 Å². The van der Waals surface area contributed by atoms with Crippen molar-refractivity contribution in [1.29, 1.82) is 0 Å². The van der Waals surface area contributed by atoms with Crippen molar-refractivity contribution in [3.05, 3.63) is 58.7 Å². The van der Waals surface area contributed by atoms with Crippen LogP contribution in [0.15, 0.2) is 42.6 Å². The second-order valence-electron chi connectivity index (χ2n) is 5.95. The minimum Gasteiger partial charge on any atom is -0.474 e. The second-order valence-corrected chi connectivity index (χ2v) is 6.38. The first-order valence-corrected chi connectivity index (χ1v) is 8.81. The number of hydrogen-bond donors (Lipinski definition) is 1. The minimum absolute atomic E-state index is 0.139. The molecular weight excluding hydrogens is 340 g/mol. The second kappa shape index (κ2) is 8.83. The topological polar surface area (TPSA) is 60.5 Å². The molecular formula is C19H21ClN2O3. The average Bonchev–Trinajstić information content (AvgIpc) is 2.65. The lowest BCUT2D eigenvalue weighted by Crippen LogP contribution is -2.27. The van der Waals surface area contributed by atoms with Crippen LogP contribution in [-0.4, -0.2) is 36.8 Å². The lowest BCUT2D eigenvalue weighted by molar-refractivity contribution is 0.0237. The first-order valence-electron chi connectivity index (χ1n) is 8.44. The van der Waals surface area contributed by atoms with Gasteiger partial charge in [-0.3, -0.25) is 4.79 Å². The van der Waals surface area contributed by atoms with Gasteiger partial charge in [0.1, 0.15) is 6.10 Å². The summed E-state index contributed by atoms with van der Waals surface area (Å²) in [4.78, 5) is 16.4. The molecule has 0 atom stereocenters. The van der Waals surface area contributed by atoms with Crippen molar-refractivity contribution in [3.8, 4) is 5.88 Å². The van der Waals surface area contributed by atoms with Gasteiger partial charge in [0.05, 0.1) is 18.8 Å². The highest BCUT2D eigenvalue weighted by Gasteiger charge is 2.16. The van der Waals surface area contributed by atoms with Crippen molar-refractivity contribution in [2.45, 2.75) is 25.4 Å². The number of benzene rings is 1. The number of ether oxygens (including phenoxy) is 2. The van der Waals surface area contributed by atoms with Crippen molar-refractivity contribution in [2.75, 3.05) is 19.8 Å². The zero-order valence-corrected chi connectivity index (χ0v) is 14.7. The SMILES string of the molecule is O=C(NCCc1ccc(Cl)cc1)c1ccc(OC2CCOCC2)nc1. The number of aromatic nitrogens is 1. The third-order valence-corrected chi connectivity index (χ3v) is 4.32. The molecule has 0 aliphatic carbocycles. The summed E-state index contributed by atoms with van der Waals surface area (Å²) in [5.41, 5.74) is 1.65. The Hall–Kier alpha value is -2.11. The summed E-state index contributed by atoms with van der Waals surface area (Å²) in [5, 5.41) is 3.60. The fraction of sp³-hybridized carbons (Fsp3) is 0.368. The highest BCUT2D eigenvalue weighted by Crippen LogP contribution is 2.16. The van der Waals surface area contributed by atoms with E-state index in [1.165, 1.54) is 0 Å². The van der Waals surface area contributed by atoms with Crippen LogP contribution in [0.1, 0.15) is 28.8 Å². The smallest absolute Gasteiger partial charge is 0.252 e. The standard InChI is InChI=1S/C19H21ClN2O3/c20-16-4-1-14(2-5-16)7-10-21-19(23)15-3-6-18(22-13-15)25-17-8-11-24-12-9-17/h1-6,13,17H,7-12H2,(H,21,23). The lowest BCUT2D eigenvalue weighted by Gasteiger charge is -2.22. The maximum atomic E-state index is 12.2. The molecule has 1 fully saturated rings. The minimum atomic E-state index is -0.140. The van der Waals surface area contributed by atoms with Gasteiger partial charge in [-0.2, -0.15) is 0 Å². The molecule has 132 valence electrons. The molecule has 5 nitrogen and oxygen atoms in total. The molecule has 1 amide bonds. The van der Waals surface area contributed by atoms with Crippen LogP contribution in [0.25, 0.3) is 0 Å². The predicted octanol–water partition coefficient (Wildman–Crippen LogP) is 3.27. The van der Waals surface area contributed by atoms with Gasteiger partial charge in [-0.1, -0.05) is 23.7 Å².